The molecular weight excluding hydrogens is 846 g/mol. The first-order valence-electron chi connectivity index (χ1n) is 18.4. The Kier molecular flexibility index (Phi) is 10.4. The summed E-state index contributed by atoms with van der Waals surface area (Å²) in [6, 6.07) is 32.3. The molecule has 0 saturated carbocycles. The molecule has 0 spiro atoms. The monoisotopic (exact) mass is 898 g/mol. The van der Waals surface area contributed by atoms with Crippen molar-refractivity contribution in [1.29, 1.82) is 0 Å². The summed E-state index contributed by atoms with van der Waals surface area (Å²) >= 11 is -6.19. The van der Waals surface area contributed by atoms with Crippen LogP contribution in [-0.2, 0) is 2.82 Å². The number of rotatable bonds is 6. The molecule has 4 heteroatoms. The minimum absolute atomic E-state index is 1.28. The molecule has 2 nitrogen and oxygen atoms in total. The predicted octanol–water partition coefficient (Wildman–Crippen LogP) is 11.2. The summed E-state index contributed by atoms with van der Waals surface area (Å²) in [6.45, 7) is 26.8. The van der Waals surface area contributed by atoms with Crippen LogP contribution in [0.5, 0.6) is 0 Å². The average molecular weight is 896 g/mol. The van der Waals surface area contributed by atoms with Crippen LogP contribution in [0.25, 0.3) is 44.5 Å². The first-order chi connectivity index (χ1) is 24.7. The van der Waals surface area contributed by atoms with Gasteiger partial charge in [-0.3, -0.25) is 0 Å². The molecule has 6 aromatic rings. The van der Waals surface area contributed by atoms with Crippen LogP contribution in [0.1, 0.15) is 66.8 Å². The summed E-state index contributed by atoms with van der Waals surface area (Å²) in [5, 5.41) is 0. The zero-order chi connectivity index (χ0) is 37.2. The molecule has 1 aliphatic heterocycles. The van der Waals surface area contributed by atoms with Gasteiger partial charge in [0.15, 0.2) is 0 Å². The second kappa shape index (κ2) is 14.6. The SMILES string of the molecule is Cc1cc(C)c(-c2cccc(-c3c(C)cc(C)cc3C)[c]2[Sn]2[O][Sn]([c]3c(-c4c(C)cc(C)cc4C)cccc3-c3c(C)cc(C)cc3C)[O]2)c(C)c1. The van der Waals surface area contributed by atoms with Gasteiger partial charge in [0.2, 0.25) is 0 Å². The van der Waals surface area contributed by atoms with E-state index in [1.165, 1.54) is 118 Å². The van der Waals surface area contributed by atoms with E-state index in [0.717, 1.165) is 0 Å². The summed E-state index contributed by atoms with van der Waals surface area (Å²) in [4.78, 5) is 0. The Morgan fingerprint density at radius 1 is 0.308 bits per heavy atom. The fraction of sp³-hybridized carbons (Fsp3) is 0.250. The second-order valence-electron chi connectivity index (χ2n) is 15.3. The first-order valence-corrected chi connectivity index (χ1v) is 25.9. The van der Waals surface area contributed by atoms with Gasteiger partial charge in [-0.15, -0.1) is 0 Å². The van der Waals surface area contributed by atoms with Gasteiger partial charge in [-0.1, -0.05) is 0 Å². The molecule has 1 heterocycles. The zero-order valence-electron chi connectivity index (χ0n) is 32.9. The van der Waals surface area contributed by atoms with Crippen molar-refractivity contribution < 1.29 is 2.82 Å². The third-order valence-corrected chi connectivity index (χ3v) is 32.4. The van der Waals surface area contributed by atoms with E-state index in [4.69, 9.17) is 2.82 Å². The van der Waals surface area contributed by atoms with Gasteiger partial charge in [0.25, 0.3) is 0 Å². The Morgan fingerprint density at radius 3 is 0.692 bits per heavy atom. The Morgan fingerprint density at radius 2 is 0.500 bits per heavy atom. The van der Waals surface area contributed by atoms with Gasteiger partial charge in [0, 0.05) is 0 Å². The van der Waals surface area contributed by atoms with Crippen molar-refractivity contribution in [3.05, 3.63) is 152 Å². The summed E-state index contributed by atoms with van der Waals surface area (Å²) in [5.41, 5.74) is 26.0. The van der Waals surface area contributed by atoms with Gasteiger partial charge >= 0.3 is 330 Å². The number of hydrogen-bond donors (Lipinski definition) is 0. The topological polar surface area (TPSA) is 18.5 Å². The molecule has 262 valence electrons. The van der Waals surface area contributed by atoms with Crippen molar-refractivity contribution in [3.63, 3.8) is 0 Å². The van der Waals surface area contributed by atoms with Crippen LogP contribution < -0.4 is 7.16 Å². The maximum atomic E-state index is 7.54. The Bertz CT molecular complexity index is 1990. The van der Waals surface area contributed by atoms with E-state index < -0.39 is 41.2 Å². The summed E-state index contributed by atoms with van der Waals surface area (Å²) in [6.07, 6.45) is 0. The Hall–Kier alpha value is -3.16. The van der Waals surface area contributed by atoms with Crippen LogP contribution in [0.15, 0.2) is 84.9 Å². The molecule has 0 aliphatic carbocycles. The van der Waals surface area contributed by atoms with Gasteiger partial charge in [-0.2, -0.15) is 0 Å². The molecule has 0 amide bonds. The molecule has 7 rings (SSSR count). The third kappa shape index (κ3) is 6.74. The standard InChI is InChI=1S/2C24H25.2O.2Sn/c2*1-15-10-17(3)23(18(4)11-15)21-8-7-9-22(14-21)24-19(5)12-16(2)13-20(24)6;;;;/h2*7-13H,1-6H3;;;;. The number of aryl methyl sites for hydroxylation is 12. The van der Waals surface area contributed by atoms with E-state index >= 15 is 0 Å². The molecule has 0 N–H and O–H groups in total. The molecule has 1 aliphatic rings. The van der Waals surface area contributed by atoms with Crippen LogP contribution >= 0.6 is 0 Å². The molecule has 52 heavy (non-hydrogen) atoms. The Labute approximate surface area is 327 Å². The van der Waals surface area contributed by atoms with Crippen LogP contribution in [0, 0.1) is 83.1 Å². The van der Waals surface area contributed by atoms with Gasteiger partial charge in [-0.05, 0) is 0 Å². The first kappa shape index (κ1) is 37.2. The summed E-state index contributed by atoms with van der Waals surface area (Å²) in [7, 11) is 0. The minimum atomic E-state index is -3.09. The second-order valence-corrected chi connectivity index (χ2v) is 30.4. The molecule has 2 radical (unpaired) electrons. The van der Waals surface area contributed by atoms with Crippen molar-refractivity contribution in [1.82, 2.24) is 0 Å². The van der Waals surface area contributed by atoms with Gasteiger partial charge < -0.3 is 0 Å². The van der Waals surface area contributed by atoms with Crippen LogP contribution in [-0.4, -0.2) is 41.2 Å². The normalized spacial score (nSPS) is 13.5. The van der Waals surface area contributed by atoms with Crippen molar-refractivity contribution >= 4 is 48.3 Å². The fourth-order valence-electron chi connectivity index (χ4n) is 9.18. The quantitative estimate of drug-likeness (QED) is 0.155. The van der Waals surface area contributed by atoms with Crippen molar-refractivity contribution in [2.75, 3.05) is 0 Å². The van der Waals surface area contributed by atoms with Gasteiger partial charge in [0.1, 0.15) is 0 Å². The summed E-state index contributed by atoms with van der Waals surface area (Å²) < 4.78 is 17.8. The van der Waals surface area contributed by atoms with Crippen LogP contribution in [0.4, 0.5) is 0 Å². The maximum absolute atomic E-state index is 7.54. The van der Waals surface area contributed by atoms with Crippen molar-refractivity contribution in [3.8, 4) is 44.5 Å². The molecule has 0 bridgehead atoms. The molecule has 1 fully saturated rings. The summed E-state index contributed by atoms with van der Waals surface area (Å²) in [5.74, 6) is 0. The van der Waals surface area contributed by atoms with Gasteiger partial charge in [-0.25, -0.2) is 0 Å². The molecular formula is C48H50O2Sn2. The van der Waals surface area contributed by atoms with Crippen molar-refractivity contribution in [2.45, 2.75) is 83.1 Å². The van der Waals surface area contributed by atoms with E-state index in [0.29, 0.717) is 0 Å². The molecule has 1 saturated heterocycles. The molecule has 0 aromatic heterocycles. The Balaban J connectivity index is 1.44. The van der Waals surface area contributed by atoms with E-state index in [1.54, 1.807) is 0 Å². The molecule has 6 aromatic carbocycles. The average Bonchev–Trinajstić information content (AvgIpc) is 3.00. The van der Waals surface area contributed by atoms with Crippen LogP contribution in [0.3, 0.4) is 0 Å². The number of hydrogen-bond acceptors (Lipinski definition) is 2. The van der Waals surface area contributed by atoms with E-state index in [2.05, 4.69) is 168 Å². The fourth-order valence-corrected chi connectivity index (χ4v) is 30.8. The van der Waals surface area contributed by atoms with E-state index in [9.17, 15) is 0 Å². The van der Waals surface area contributed by atoms with E-state index in [1.807, 2.05) is 0 Å². The van der Waals surface area contributed by atoms with Crippen molar-refractivity contribution in [2.24, 2.45) is 0 Å². The molecule has 0 unspecified atom stereocenters. The predicted molar refractivity (Wildman–Crippen MR) is 224 cm³/mol. The zero-order valence-corrected chi connectivity index (χ0v) is 38.6. The van der Waals surface area contributed by atoms with E-state index in [-0.39, 0.29) is 0 Å². The molecule has 0 atom stereocenters. The third-order valence-electron chi connectivity index (χ3n) is 10.7. The number of benzene rings is 6. The van der Waals surface area contributed by atoms with Gasteiger partial charge in [0.05, 0.1) is 0 Å². The van der Waals surface area contributed by atoms with Crippen LogP contribution in [0.2, 0.25) is 0 Å².